The molecule has 1 heterocycles. The zero-order valence-electron chi connectivity index (χ0n) is 13.7. The van der Waals surface area contributed by atoms with Crippen molar-refractivity contribution in [3.63, 3.8) is 0 Å². The summed E-state index contributed by atoms with van der Waals surface area (Å²) in [5, 5.41) is 3.39. The summed E-state index contributed by atoms with van der Waals surface area (Å²) in [6, 6.07) is 9.28. The van der Waals surface area contributed by atoms with Gasteiger partial charge in [-0.1, -0.05) is 38.1 Å². The number of amides is 1. The molecule has 22 heavy (non-hydrogen) atoms. The van der Waals surface area contributed by atoms with Gasteiger partial charge in [0.25, 0.3) is 0 Å². The molecule has 1 aromatic rings. The number of halogens is 1. The number of hydrogen-bond acceptors (Lipinski definition) is 2. The summed E-state index contributed by atoms with van der Waals surface area (Å²) >= 11 is 0. The fraction of sp³-hybridized carbons (Fsp3) is 0.611. The van der Waals surface area contributed by atoms with E-state index < -0.39 is 0 Å². The Morgan fingerprint density at radius 3 is 2.55 bits per heavy atom. The summed E-state index contributed by atoms with van der Waals surface area (Å²) in [6.45, 7) is 9.21. The van der Waals surface area contributed by atoms with Crippen LogP contribution in [0.4, 0.5) is 0 Å². The molecule has 1 aromatic carbocycles. The van der Waals surface area contributed by atoms with E-state index in [-0.39, 0.29) is 18.3 Å². The molecule has 3 unspecified atom stereocenters. The fourth-order valence-electron chi connectivity index (χ4n) is 3.33. The molecule has 122 valence electrons. The van der Waals surface area contributed by atoms with Crippen molar-refractivity contribution in [2.45, 2.75) is 45.1 Å². The second-order valence-electron chi connectivity index (χ2n) is 6.91. The summed E-state index contributed by atoms with van der Waals surface area (Å²) in [5.41, 5.74) is 2.71. The Bertz CT molecular complexity index is 514. The topological polar surface area (TPSA) is 32.3 Å². The Morgan fingerprint density at radius 1 is 1.27 bits per heavy atom. The van der Waals surface area contributed by atoms with E-state index >= 15 is 0 Å². The molecule has 1 amide bonds. The average Bonchev–Trinajstić information content (AvgIpc) is 3.27. The van der Waals surface area contributed by atoms with Crippen molar-refractivity contribution >= 4 is 18.3 Å². The molecule has 3 nitrogen and oxygen atoms in total. The standard InChI is InChI=1S/C18H26N2O.ClH/c1-12(2)14-4-6-15(7-5-14)16-10-17(16)18(21)20-9-8-19-13(3)11-20;/h4-7,12-13,16-17,19H,8-11H2,1-3H3;1H. The summed E-state index contributed by atoms with van der Waals surface area (Å²) in [6.07, 6.45) is 1.03. The minimum absolute atomic E-state index is 0. The molecule has 2 aliphatic rings. The molecule has 3 atom stereocenters. The van der Waals surface area contributed by atoms with Crippen molar-refractivity contribution in [1.82, 2.24) is 10.2 Å². The molecule has 3 rings (SSSR count). The normalized spacial score (nSPS) is 27.5. The van der Waals surface area contributed by atoms with Crippen LogP contribution in [-0.4, -0.2) is 36.5 Å². The number of carbonyl (C=O) groups is 1. The zero-order chi connectivity index (χ0) is 15.0. The summed E-state index contributed by atoms with van der Waals surface area (Å²) in [7, 11) is 0. The van der Waals surface area contributed by atoms with E-state index in [0.717, 1.165) is 26.1 Å². The maximum absolute atomic E-state index is 12.6. The summed E-state index contributed by atoms with van der Waals surface area (Å²) in [4.78, 5) is 14.6. The molecule has 1 aliphatic carbocycles. The van der Waals surface area contributed by atoms with Crippen LogP contribution in [0.1, 0.15) is 50.2 Å². The predicted molar refractivity (Wildman–Crippen MR) is 92.7 cm³/mol. The number of piperazine rings is 1. The highest BCUT2D eigenvalue weighted by atomic mass is 35.5. The van der Waals surface area contributed by atoms with Gasteiger partial charge in [0, 0.05) is 31.6 Å². The van der Waals surface area contributed by atoms with Gasteiger partial charge in [0.1, 0.15) is 0 Å². The highest BCUT2D eigenvalue weighted by Crippen LogP contribution is 2.48. The molecule has 0 spiro atoms. The van der Waals surface area contributed by atoms with Gasteiger partial charge >= 0.3 is 0 Å². The van der Waals surface area contributed by atoms with Crippen LogP contribution in [0.15, 0.2) is 24.3 Å². The van der Waals surface area contributed by atoms with E-state index in [1.807, 2.05) is 4.90 Å². The number of rotatable bonds is 3. The molecule has 0 bridgehead atoms. The third kappa shape index (κ3) is 3.64. The lowest BCUT2D eigenvalue weighted by Crippen LogP contribution is -2.51. The van der Waals surface area contributed by atoms with E-state index in [1.54, 1.807) is 0 Å². The van der Waals surface area contributed by atoms with Gasteiger partial charge in [0.2, 0.25) is 5.91 Å². The van der Waals surface area contributed by atoms with Crippen LogP contribution in [0.3, 0.4) is 0 Å². The quantitative estimate of drug-likeness (QED) is 0.927. The van der Waals surface area contributed by atoms with E-state index in [9.17, 15) is 4.79 Å². The Morgan fingerprint density at radius 2 is 1.95 bits per heavy atom. The first kappa shape index (κ1) is 17.3. The van der Waals surface area contributed by atoms with Crippen molar-refractivity contribution in [3.8, 4) is 0 Å². The monoisotopic (exact) mass is 322 g/mol. The molecule has 1 aliphatic heterocycles. The first-order valence-corrected chi connectivity index (χ1v) is 8.18. The SMILES string of the molecule is CC1CN(C(=O)C2CC2c2ccc(C(C)C)cc2)CCN1.Cl. The Kier molecular flexibility index (Phi) is 5.51. The second kappa shape index (κ2) is 7.01. The van der Waals surface area contributed by atoms with E-state index in [2.05, 4.69) is 50.4 Å². The third-order valence-corrected chi connectivity index (χ3v) is 4.82. The van der Waals surface area contributed by atoms with Crippen molar-refractivity contribution in [2.24, 2.45) is 5.92 Å². The largest absolute Gasteiger partial charge is 0.340 e. The molecule has 0 aromatic heterocycles. The van der Waals surface area contributed by atoms with Gasteiger partial charge in [0.15, 0.2) is 0 Å². The lowest BCUT2D eigenvalue weighted by atomic mass is 10.00. The van der Waals surface area contributed by atoms with Gasteiger partial charge in [-0.05, 0) is 36.3 Å². The third-order valence-electron chi connectivity index (χ3n) is 4.82. The van der Waals surface area contributed by atoms with Gasteiger partial charge in [0.05, 0.1) is 0 Å². The number of nitrogens with zero attached hydrogens (tertiary/aromatic N) is 1. The molecular formula is C18H27ClN2O. The molecule has 0 radical (unpaired) electrons. The van der Waals surface area contributed by atoms with Crippen molar-refractivity contribution < 1.29 is 4.79 Å². The van der Waals surface area contributed by atoms with Crippen molar-refractivity contribution in [2.75, 3.05) is 19.6 Å². The van der Waals surface area contributed by atoms with Gasteiger partial charge in [-0.15, -0.1) is 12.4 Å². The number of carbonyl (C=O) groups excluding carboxylic acids is 1. The van der Waals surface area contributed by atoms with Crippen LogP contribution in [0.2, 0.25) is 0 Å². The van der Waals surface area contributed by atoms with E-state index in [0.29, 0.717) is 23.8 Å². The van der Waals surface area contributed by atoms with E-state index in [4.69, 9.17) is 0 Å². The lowest BCUT2D eigenvalue weighted by Gasteiger charge is -2.32. The number of hydrogen-bond donors (Lipinski definition) is 1. The zero-order valence-corrected chi connectivity index (χ0v) is 14.5. The van der Waals surface area contributed by atoms with Crippen LogP contribution < -0.4 is 5.32 Å². The highest BCUT2D eigenvalue weighted by molar-refractivity contribution is 5.85. The minimum atomic E-state index is 0. The first-order valence-electron chi connectivity index (χ1n) is 8.18. The van der Waals surface area contributed by atoms with Crippen LogP contribution in [0.5, 0.6) is 0 Å². The molecular weight excluding hydrogens is 296 g/mol. The van der Waals surface area contributed by atoms with Crippen LogP contribution in [0.25, 0.3) is 0 Å². The maximum atomic E-state index is 12.6. The molecule has 4 heteroatoms. The van der Waals surface area contributed by atoms with Crippen LogP contribution in [-0.2, 0) is 4.79 Å². The average molecular weight is 323 g/mol. The molecule has 1 saturated heterocycles. The lowest BCUT2D eigenvalue weighted by molar-refractivity contribution is -0.133. The maximum Gasteiger partial charge on any atom is 0.226 e. The van der Waals surface area contributed by atoms with Gasteiger partial charge in [-0.2, -0.15) is 0 Å². The number of benzene rings is 1. The van der Waals surface area contributed by atoms with Crippen molar-refractivity contribution in [1.29, 1.82) is 0 Å². The van der Waals surface area contributed by atoms with Crippen molar-refractivity contribution in [3.05, 3.63) is 35.4 Å². The van der Waals surface area contributed by atoms with Gasteiger partial charge in [-0.3, -0.25) is 4.79 Å². The first-order chi connectivity index (χ1) is 10.1. The Labute approximate surface area is 139 Å². The van der Waals surface area contributed by atoms with Gasteiger partial charge in [-0.25, -0.2) is 0 Å². The summed E-state index contributed by atoms with van der Waals surface area (Å²) in [5.74, 6) is 1.60. The fourth-order valence-corrected chi connectivity index (χ4v) is 3.33. The van der Waals surface area contributed by atoms with Crippen LogP contribution >= 0.6 is 12.4 Å². The smallest absolute Gasteiger partial charge is 0.226 e. The van der Waals surface area contributed by atoms with E-state index in [1.165, 1.54) is 11.1 Å². The number of nitrogens with one attached hydrogen (secondary N) is 1. The Hall–Kier alpha value is -1.06. The predicted octanol–water partition coefficient (Wildman–Crippen LogP) is 3.16. The summed E-state index contributed by atoms with van der Waals surface area (Å²) < 4.78 is 0. The minimum Gasteiger partial charge on any atom is -0.340 e. The molecule has 1 saturated carbocycles. The van der Waals surface area contributed by atoms with Crippen LogP contribution in [0, 0.1) is 5.92 Å². The Balaban J connectivity index is 0.00000176. The molecule has 2 fully saturated rings. The van der Waals surface area contributed by atoms with Gasteiger partial charge < -0.3 is 10.2 Å². The highest BCUT2D eigenvalue weighted by Gasteiger charge is 2.46. The second-order valence-corrected chi connectivity index (χ2v) is 6.91. The molecule has 1 N–H and O–H groups in total.